The molecule has 0 aliphatic carbocycles. The maximum Gasteiger partial charge on any atom is 0.273 e. The van der Waals surface area contributed by atoms with Gasteiger partial charge in [0.15, 0.2) is 0 Å². The van der Waals surface area contributed by atoms with Crippen LogP contribution in [0.4, 0.5) is 5.13 Å². The molecule has 4 rings (SSSR count). The molecule has 0 fully saturated rings. The van der Waals surface area contributed by atoms with Crippen LogP contribution in [-0.4, -0.2) is 24.2 Å². The molecule has 0 bridgehead atoms. The number of fused-ring (bicyclic) bond motifs is 1. The number of methoxy groups -OCH3 is 1. The topological polar surface area (TPSA) is 67.9 Å². The van der Waals surface area contributed by atoms with Crippen molar-refractivity contribution in [1.82, 2.24) is 4.98 Å². The number of benzene rings is 1. The first-order valence-corrected chi connectivity index (χ1v) is 10.0. The predicted molar refractivity (Wildman–Crippen MR) is 113 cm³/mol. The molecule has 1 aromatic carbocycles. The van der Waals surface area contributed by atoms with E-state index in [1.54, 1.807) is 42.9 Å². The molecular formula is C20H15N3O3S2. The third-order valence-electron chi connectivity index (χ3n) is 3.75. The number of furan rings is 1. The minimum absolute atomic E-state index is 0.303. The molecule has 28 heavy (non-hydrogen) atoms. The Morgan fingerprint density at radius 2 is 2.21 bits per heavy atom. The van der Waals surface area contributed by atoms with Crippen LogP contribution >= 0.6 is 22.7 Å². The summed E-state index contributed by atoms with van der Waals surface area (Å²) in [7, 11) is 1.61. The van der Waals surface area contributed by atoms with E-state index >= 15 is 0 Å². The van der Waals surface area contributed by atoms with Gasteiger partial charge in [0.25, 0.3) is 5.91 Å². The summed E-state index contributed by atoms with van der Waals surface area (Å²) in [6, 6.07) is 13.0. The van der Waals surface area contributed by atoms with Crippen LogP contribution in [0.2, 0.25) is 0 Å². The predicted octanol–water partition coefficient (Wildman–Crippen LogP) is 5.04. The summed E-state index contributed by atoms with van der Waals surface area (Å²) in [5.74, 6) is 0.974. The lowest BCUT2D eigenvalue weighted by atomic mass is 10.3. The van der Waals surface area contributed by atoms with Gasteiger partial charge in [0.05, 0.1) is 29.8 Å². The van der Waals surface area contributed by atoms with Crippen LogP contribution in [0.15, 0.2) is 69.7 Å². The highest BCUT2D eigenvalue weighted by molar-refractivity contribution is 7.22. The average Bonchev–Trinajstić information content (AvgIpc) is 3.47. The smallest absolute Gasteiger partial charge is 0.273 e. The number of hydrazone groups is 1. The fourth-order valence-electron chi connectivity index (χ4n) is 2.40. The molecule has 0 saturated carbocycles. The van der Waals surface area contributed by atoms with E-state index in [0.29, 0.717) is 10.9 Å². The van der Waals surface area contributed by atoms with Gasteiger partial charge >= 0.3 is 0 Å². The van der Waals surface area contributed by atoms with E-state index in [1.807, 2.05) is 35.7 Å². The molecule has 3 heterocycles. The summed E-state index contributed by atoms with van der Waals surface area (Å²) in [6.45, 7) is 0. The number of hydrogen-bond donors (Lipinski definition) is 0. The summed E-state index contributed by atoms with van der Waals surface area (Å²) in [5, 5.41) is 8.00. The van der Waals surface area contributed by atoms with Crippen molar-refractivity contribution in [3.63, 3.8) is 0 Å². The number of thiazole rings is 1. The van der Waals surface area contributed by atoms with Crippen LogP contribution in [0.3, 0.4) is 0 Å². The van der Waals surface area contributed by atoms with Crippen LogP contribution in [0, 0.1) is 0 Å². The molecule has 8 heteroatoms. The van der Waals surface area contributed by atoms with Crippen LogP contribution in [0.1, 0.15) is 10.6 Å². The van der Waals surface area contributed by atoms with Gasteiger partial charge in [-0.25, -0.2) is 4.98 Å². The standard InChI is InChI=1S/C20H15N3O3S2/c1-25-14-6-8-17-18(12-14)28-20(22-17)23(21-13-15-4-2-10-26-15)19(24)9-7-16-5-3-11-27-16/h2-13H,1H3/b9-7+,21-13-. The van der Waals surface area contributed by atoms with Gasteiger partial charge in [-0.1, -0.05) is 17.4 Å². The Kier molecular flexibility index (Phi) is 5.31. The number of aromatic nitrogens is 1. The van der Waals surface area contributed by atoms with E-state index in [2.05, 4.69) is 10.1 Å². The Morgan fingerprint density at radius 3 is 2.96 bits per heavy atom. The number of anilines is 1. The Morgan fingerprint density at radius 1 is 1.29 bits per heavy atom. The Bertz CT molecular complexity index is 1130. The van der Waals surface area contributed by atoms with E-state index in [4.69, 9.17) is 9.15 Å². The van der Waals surface area contributed by atoms with Crippen molar-refractivity contribution in [3.8, 4) is 5.75 Å². The largest absolute Gasteiger partial charge is 0.497 e. The zero-order valence-corrected chi connectivity index (χ0v) is 16.4. The lowest BCUT2D eigenvalue weighted by molar-refractivity contribution is -0.114. The van der Waals surface area contributed by atoms with Gasteiger partial charge in [0.1, 0.15) is 11.5 Å². The van der Waals surface area contributed by atoms with E-state index in [9.17, 15) is 4.79 Å². The molecule has 0 aliphatic rings. The van der Waals surface area contributed by atoms with Crippen LogP contribution in [0.25, 0.3) is 16.3 Å². The molecular weight excluding hydrogens is 394 g/mol. The fourth-order valence-corrected chi connectivity index (χ4v) is 3.98. The lowest BCUT2D eigenvalue weighted by Crippen LogP contribution is -2.23. The van der Waals surface area contributed by atoms with E-state index in [0.717, 1.165) is 20.8 Å². The Labute approximate surface area is 169 Å². The number of carbonyl (C=O) groups excluding carboxylic acids is 1. The van der Waals surface area contributed by atoms with Gasteiger partial charge in [-0.2, -0.15) is 10.1 Å². The maximum atomic E-state index is 12.8. The van der Waals surface area contributed by atoms with Crippen molar-refractivity contribution in [2.24, 2.45) is 5.10 Å². The zero-order valence-electron chi connectivity index (χ0n) is 14.8. The Hall–Kier alpha value is -3.23. The molecule has 0 spiro atoms. The summed E-state index contributed by atoms with van der Waals surface area (Å²) < 4.78 is 11.4. The summed E-state index contributed by atoms with van der Waals surface area (Å²) in [4.78, 5) is 18.4. The molecule has 1 amide bonds. The second-order valence-electron chi connectivity index (χ2n) is 5.59. The summed E-state index contributed by atoms with van der Waals surface area (Å²) >= 11 is 2.92. The highest BCUT2D eigenvalue weighted by Gasteiger charge is 2.17. The quantitative estimate of drug-likeness (QED) is 0.254. The van der Waals surface area contributed by atoms with Gasteiger partial charge in [0.2, 0.25) is 5.13 Å². The molecule has 140 valence electrons. The monoisotopic (exact) mass is 409 g/mol. The van der Waals surface area contributed by atoms with Gasteiger partial charge in [-0.3, -0.25) is 4.79 Å². The summed E-state index contributed by atoms with van der Waals surface area (Å²) in [5.41, 5.74) is 0.772. The second-order valence-corrected chi connectivity index (χ2v) is 7.58. The molecule has 3 aromatic heterocycles. The van der Waals surface area contributed by atoms with Gasteiger partial charge in [-0.15, -0.1) is 11.3 Å². The number of ether oxygens (including phenoxy) is 1. The highest BCUT2D eigenvalue weighted by Crippen LogP contribution is 2.32. The number of amides is 1. The average molecular weight is 409 g/mol. The fraction of sp³-hybridized carbons (Fsp3) is 0.0500. The van der Waals surface area contributed by atoms with Gasteiger partial charge < -0.3 is 9.15 Å². The number of rotatable bonds is 6. The molecule has 4 aromatic rings. The van der Waals surface area contributed by atoms with Crippen molar-refractivity contribution >= 4 is 56.2 Å². The minimum Gasteiger partial charge on any atom is -0.497 e. The Balaban J connectivity index is 1.68. The van der Waals surface area contributed by atoms with E-state index < -0.39 is 0 Å². The number of thiophene rings is 1. The third-order valence-corrected chi connectivity index (χ3v) is 5.58. The summed E-state index contributed by atoms with van der Waals surface area (Å²) in [6.07, 6.45) is 6.29. The number of nitrogens with zero attached hydrogens (tertiary/aromatic N) is 3. The molecule has 0 N–H and O–H groups in total. The number of hydrogen-bond acceptors (Lipinski definition) is 7. The van der Waals surface area contributed by atoms with E-state index in [1.165, 1.54) is 28.6 Å². The zero-order chi connectivity index (χ0) is 19.3. The lowest BCUT2D eigenvalue weighted by Gasteiger charge is -2.10. The van der Waals surface area contributed by atoms with Crippen LogP contribution in [0.5, 0.6) is 5.75 Å². The van der Waals surface area contributed by atoms with Crippen molar-refractivity contribution in [2.45, 2.75) is 0 Å². The third kappa shape index (κ3) is 4.03. The van der Waals surface area contributed by atoms with Gasteiger partial charge in [0, 0.05) is 11.0 Å². The molecule has 0 saturated heterocycles. The maximum absolute atomic E-state index is 12.8. The number of carbonyl (C=O) groups is 1. The van der Waals surface area contributed by atoms with Crippen LogP contribution in [-0.2, 0) is 4.79 Å². The first-order chi connectivity index (χ1) is 13.7. The molecule has 0 atom stereocenters. The van der Waals surface area contributed by atoms with E-state index in [-0.39, 0.29) is 5.91 Å². The van der Waals surface area contributed by atoms with Gasteiger partial charge in [-0.05, 0) is 47.9 Å². The molecule has 0 radical (unpaired) electrons. The van der Waals surface area contributed by atoms with Crippen molar-refractivity contribution in [2.75, 3.05) is 12.1 Å². The molecule has 6 nitrogen and oxygen atoms in total. The van der Waals surface area contributed by atoms with Crippen molar-refractivity contribution in [3.05, 3.63) is 70.8 Å². The normalized spacial score (nSPS) is 11.6. The molecule has 0 aliphatic heterocycles. The molecule has 0 unspecified atom stereocenters. The first kappa shape index (κ1) is 18.1. The minimum atomic E-state index is -0.303. The highest BCUT2D eigenvalue weighted by atomic mass is 32.1. The van der Waals surface area contributed by atoms with Crippen molar-refractivity contribution in [1.29, 1.82) is 0 Å². The first-order valence-electron chi connectivity index (χ1n) is 8.31. The SMILES string of the molecule is COc1ccc2nc(N(/N=C\c3ccco3)C(=O)/C=C/c3cccs3)sc2c1. The van der Waals surface area contributed by atoms with Crippen LogP contribution < -0.4 is 9.75 Å². The van der Waals surface area contributed by atoms with Crippen molar-refractivity contribution < 1.29 is 13.9 Å². The second kappa shape index (κ2) is 8.20.